The van der Waals surface area contributed by atoms with Gasteiger partial charge in [-0.15, -0.1) is 0 Å². The molecular formula is C24H30N2O7S. The second-order valence-corrected chi connectivity index (χ2v) is 10.8. The summed E-state index contributed by atoms with van der Waals surface area (Å²) in [5.74, 6) is -0.769. The maximum atomic E-state index is 12.7. The number of rotatable bonds is 7. The van der Waals surface area contributed by atoms with Crippen LogP contribution in [0.5, 0.6) is 5.75 Å². The summed E-state index contributed by atoms with van der Waals surface area (Å²) in [4.78, 5) is 24.8. The van der Waals surface area contributed by atoms with Crippen LogP contribution in [0, 0.1) is 0 Å². The fourth-order valence-electron chi connectivity index (χ4n) is 3.37. The molecule has 1 aliphatic heterocycles. The molecule has 0 spiro atoms. The summed E-state index contributed by atoms with van der Waals surface area (Å²) in [6.07, 6.45) is 0. The quantitative estimate of drug-likeness (QED) is 0.594. The summed E-state index contributed by atoms with van der Waals surface area (Å²) in [6, 6.07) is 11.0. The topological polar surface area (TPSA) is 111 Å². The van der Waals surface area contributed by atoms with Crippen molar-refractivity contribution >= 4 is 27.6 Å². The van der Waals surface area contributed by atoms with E-state index in [0.29, 0.717) is 24.7 Å². The third kappa shape index (κ3) is 6.13. The van der Waals surface area contributed by atoms with Crippen molar-refractivity contribution in [3.8, 4) is 5.75 Å². The minimum absolute atomic E-state index is 0.0783. The van der Waals surface area contributed by atoms with E-state index in [9.17, 15) is 18.0 Å². The molecule has 1 amide bonds. The predicted molar refractivity (Wildman–Crippen MR) is 127 cm³/mol. The summed E-state index contributed by atoms with van der Waals surface area (Å²) in [5, 5.41) is 2.71. The molecule has 1 aliphatic rings. The Labute approximate surface area is 200 Å². The molecule has 1 saturated heterocycles. The molecule has 0 aliphatic carbocycles. The Bertz CT molecular complexity index is 1130. The van der Waals surface area contributed by atoms with Gasteiger partial charge in [0.25, 0.3) is 5.91 Å². The first-order chi connectivity index (χ1) is 16.0. The van der Waals surface area contributed by atoms with Gasteiger partial charge in [-0.25, -0.2) is 13.2 Å². The Morgan fingerprint density at radius 3 is 2.29 bits per heavy atom. The van der Waals surface area contributed by atoms with E-state index in [1.165, 1.54) is 35.7 Å². The zero-order valence-corrected chi connectivity index (χ0v) is 20.6. The monoisotopic (exact) mass is 490 g/mol. The number of sulfonamides is 1. The third-order valence-corrected chi connectivity index (χ3v) is 7.28. The zero-order valence-electron chi connectivity index (χ0n) is 19.8. The molecule has 10 heteroatoms. The van der Waals surface area contributed by atoms with Gasteiger partial charge in [0.15, 0.2) is 6.61 Å². The van der Waals surface area contributed by atoms with Crippen LogP contribution in [-0.2, 0) is 29.7 Å². The molecule has 1 heterocycles. The highest BCUT2D eigenvalue weighted by molar-refractivity contribution is 7.89. The molecule has 2 aromatic rings. The van der Waals surface area contributed by atoms with E-state index in [1.54, 1.807) is 6.07 Å². The number of hydrogen-bond donors (Lipinski definition) is 1. The first-order valence-corrected chi connectivity index (χ1v) is 12.3. The number of esters is 1. The predicted octanol–water partition coefficient (Wildman–Crippen LogP) is 2.81. The third-order valence-electron chi connectivity index (χ3n) is 5.37. The SMILES string of the molecule is COc1ccc(C(C)(C)C)cc1NC(=O)COC(=O)c1ccc(S(=O)(=O)N2CCOCC2)cc1. The highest BCUT2D eigenvalue weighted by Crippen LogP contribution is 2.31. The van der Waals surface area contributed by atoms with Gasteiger partial charge in [0.2, 0.25) is 10.0 Å². The van der Waals surface area contributed by atoms with E-state index in [1.807, 2.05) is 12.1 Å². The van der Waals surface area contributed by atoms with Gasteiger partial charge >= 0.3 is 5.97 Å². The fraction of sp³-hybridized carbons (Fsp3) is 0.417. The average Bonchev–Trinajstić information content (AvgIpc) is 2.82. The molecule has 0 atom stereocenters. The van der Waals surface area contributed by atoms with Crippen molar-refractivity contribution < 1.29 is 32.2 Å². The lowest BCUT2D eigenvalue weighted by Crippen LogP contribution is -2.40. The average molecular weight is 491 g/mol. The number of hydrogen-bond acceptors (Lipinski definition) is 7. The zero-order chi connectivity index (χ0) is 24.9. The van der Waals surface area contributed by atoms with Gasteiger partial charge in [-0.05, 0) is 47.4 Å². The molecule has 0 aromatic heterocycles. The summed E-state index contributed by atoms with van der Waals surface area (Å²) in [6.45, 7) is 6.92. The van der Waals surface area contributed by atoms with Crippen molar-refractivity contribution in [1.29, 1.82) is 0 Å². The Hall–Kier alpha value is -2.95. The van der Waals surface area contributed by atoms with Crippen molar-refractivity contribution in [2.24, 2.45) is 0 Å². The standard InChI is InChI=1S/C24H30N2O7S/c1-24(2,3)18-7-10-21(31-4)20(15-18)25-22(27)16-33-23(28)17-5-8-19(9-6-17)34(29,30)26-11-13-32-14-12-26/h5-10,15H,11-14,16H2,1-4H3,(H,25,27). The summed E-state index contributed by atoms with van der Waals surface area (Å²) in [7, 11) is -2.16. The van der Waals surface area contributed by atoms with Crippen molar-refractivity contribution in [2.75, 3.05) is 45.3 Å². The Balaban J connectivity index is 1.61. The van der Waals surface area contributed by atoms with E-state index < -0.39 is 28.5 Å². The number of morpholine rings is 1. The van der Waals surface area contributed by atoms with Crippen molar-refractivity contribution in [3.63, 3.8) is 0 Å². The van der Waals surface area contributed by atoms with Crippen LogP contribution in [0.25, 0.3) is 0 Å². The lowest BCUT2D eigenvalue weighted by molar-refractivity contribution is -0.119. The lowest BCUT2D eigenvalue weighted by Gasteiger charge is -2.26. The van der Waals surface area contributed by atoms with Crippen LogP contribution in [0.2, 0.25) is 0 Å². The highest BCUT2D eigenvalue weighted by atomic mass is 32.2. The normalized spacial score (nSPS) is 14.9. The molecule has 1 fully saturated rings. The first-order valence-electron chi connectivity index (χ1n) is 10.9. The smallest absolute Gasteiger partial charge is 0.338 e. The largest absolute Gasteiger partial charge is 0.495 e. The van der Waals surface area contributed by atoms with Crippen LogP contribution in [0.1, 0.15) is 36.7 Å². The van der Waals surface area contributed by atoms with Gasteiger partial charge in [0, 0.05) is 13.1 Å². The molecule has 0 unspecified atom stereocenters. The first kappa shape index (κ1) is 25.7. The molecule has 0 radical (unpaired) electrons. The second kappa shape index (κ2) is 10.5. The number of carbonyl (C=O) groups excluding carboxylic acids is 2. The number of nitrogens with zero attached hydrogens (tertiary/aromatic N) is 1. The van der Waals surface area contributed by atoms with Crippen molar-refractivity contribution in [3.05, 3.63) is 53.6 Å². The van der Waals surface area contributed by atoms with E-state index in [2.05, 4.69) is 26.1 Å². The van der Waals surface area contributed by atoms with Gasteiger partial charge in [-0.2, -0.15) is 4.31 Å². The van der Waals surface area contributed by atoms with Gasteiger partial charge < -0.3 is 19.5 Å². The van der Waals surface area contributed by atoms with Crippen LogP contribution in [0.15, 0.2) is 47.4 Å². The van der Waals surface area contributed by atoms with E-state index in [-0.39, 0.29) is 29.0 Å². The molecule has 0 saturated carbocycles. The minimum atomic E-state index is -3.66. The maximum absolute atomic E-state index is 12.7. The van der Waals surface area contributed by atoms with Gasteiger partial charge in [0.1, 0.15) is 5.75 Å². The van der Waals surface area contributed by atoms with Crippen LogP contribution in [-0.4, -0.2) is 64.6 Å². The summed E-state index contributed by atoms with van der Waals surface area (Å²) < 4.78 is 42.3. The Morgan fingerprint density at radius 2 is 1.71 bits per heavy atom. The highest BCUT2D eigenvalue weighted by Gasteiger charge is 2.26. The number of benzene rings is 2. The molecule has 1 N–H and O–H groups in total. The second-order valence-electron chi connectivity index (χ2n) is 8.83. The van der Waals surface area contributed by atoms with Crippen LogP contribution >= 0.6 is 0 Å². The fourth-order valence-corrected chi connectivity index (χ4v) is 4.78. The van der Waals surface area contributed by atoms with Crippen molar-refractivity contribution in [2.45, 2.75) is 31.1 Å². The minimum Gasteiger partial charge on any atom is -0.495 e. The van der Waals surface area contributed by atoms with Gasteiger partial charge in [-0.1, -0.05) is 26.8 Å². The van der Waals surface area contributed by atoms with E-state index in [4.69, 9.17) is 14.2 Å². The molecule has 184 valence electrons. The number of carbonyl (C=O) groups is 2. The number of nitrogens with one attached hydrogen (secondary N) is 1. The van der Waals surface area contributed by atoms with Gasteiger partial charge in [-0.3, -0.25) is 4.79 Å². The number of anilines is 1. The van der Waals surface area contributed by atoms with E-state index >= 15 is 0 Å². The summed E-state index contributed by atoms with van der Waals surface area (Å²) in [5.41, 5.74) is 1.50. The van der Waals surface area contributed by atoms with Gasteiger partial charge in [0.05, 0.1) is 36.5 Å². The van der Waals surface area contributed by atoms with Crippen LogP contribution in [0.4, 0.5) is 5.69 Å². The molecule has 0 bridgehead atoms. The van der Waals surface area contributed by atoms with E-state index in [0.717, 1.165) is 5.56 Å². The Kier molecular flexibility index (Phi) is 7.96. The van der Waals surface area contributed by atoms with Crippen molar-refractivity contribution in [1.82, 2.24) is 4.31 Å². The molecule has 3 rings (SSSR count). The number of methoxy groups -OCH3 is 1. The number of ether oxygens (including phenoxy) is 3. The molecule has 2 aromatic carbocycles. The lowest BCUT2D eigenvalue weighted by atomic mass is 9.87. The Morgan fingerprint density at radius 1 is 1.06 bits per heavy atom. The van der Waals surface area contributed by atoms with Crippen LogP contribution < -0.4 is 10.1 Å². The summed E-state index contributed by atoms with van der Waals surface area (Å²) >= 11 is 0. The molecule has 34 heavy (non-hydrogen) atoms. The molecule has 9 nitrogen and oxygen atoms in total. The molecular weight excluding hydrogens is 460 g/mol. The number of amides is 1. The maximum Gasteiger partial charge on any atom is 0.338 e. The van der Waals surface area contributed by atoms with Crippen LogP contribution in [0.3, 0.4) is 0 Å².